The van der Waals surface area contributed by atoms with Gasteiger partial charge in [0.15, 0.2) is 0 Å². The van der Waals surface area contributed by atoms with Crippen LogP contribution in [0.5, 0.6) is 0 Å². The molecule has 21 heavy (non-hydrogen) atoms. The molecule has 3 rings (SSSR count). The van der Waals surface area contributed by atoms with Crippen molar-refractivity contribution in [2.45, 2.75) is 25.8 Å². The van der Waals surface area contributed by atoms with Gasteiger partial charge in [-0.3, -0.25) is 9.78 Å². The second-order valence-electron chi connectivity index (χ2n) is 5.77. The molecule has 2 atom stereocenters. The van der Waals surface area contributed by atoms with Crippen LogP contribution in [0.4, 0.5) is 0 Å². The van der Waals surface area contributed by atoms with Crippen LogP contribution in [0.3, 0.4) is 0 Å². The van der Waals surface area contributed by atoms with Crippen molar-refractivity contribution in [1.29, 1.82) is 0 Å². The summed E-state index contributed by atoms with van der Waals surface area (Å²) in [6.07, 6.45) is 4.17. The Morgan fingerprint density at radius 2 is 2.24 bits per heavy atom. The van der Waals surface area contributed by atoms with Crippen LogP contribution in [-0.2, 0) is 0 Å². The van der Waals surface area contributed by atoms with Crippen LogP contribution in [0, 0.1) is 5.92 Å². The number of aromatic nitrogens is 1. The Labute approximate surface area is 125 Å². The lowest BCUT2D eigenvalue weighted by Gasteiger charge is -2.30. The molecule has 0 saturated carbocycles. The number of carbonyl (C=O) groups is 1. The molecule has 1 saturated heterocycles. The average Bonchev–Trinajstić information content (AvgIpc) is 2.53. The molecule has 2 N–H and O–H groups in total. The SMILES string of the molecule is C[C@@H]1CCCN[C@@H]1CNC(=O)c1cccc2cccnc12. The maximum Gasteiger partial charge on any atom is 0.253 e. The van der Waals surface area contributed by atoms with Crippen molar-refractivity contribution in [1.82, 2.24) is 15.6 Å². The first kappa shape index (κ1) is 14.0. The van der Waals surface area contributed by atoms with Crippen molar-refractivity contribution in [2.24, 2.45) is 5.92 Å². The number of hydrogen-bond donors (Lipinski definition) is 2. The molecule has 1 aliphatic heterocycles. The largest absolute Gasteiger partial charge is 0.350 e. The average molecular weight is 283 g/mol. The second kappa shape index (κ2) is 6.22. The van der Waals surface area contributed by atoms with Gasteiger partial charge in [-0.1, -0.05) is 25.1 Å². The van der Waals surface area contributed by atoms with Crippen LogP contribution < -0.4 is 10.6 Å². The number of benzene rings is 1. The first-order valence-corrected chi connectivity index (χ1v) is 7.61. The Hall–Kier alpha value is -1.94. The highest BCUT2D eigenvalue weighted by Gasteiger charge is 2.21. The topological polar surface area (TPSA) is 54.0 Å². The fraction of sp³-hybridized carbons (Fsp3) is 0.412. The smallest absolute Gasteiger partial charge is 0.253 e. The summed E-state index contributed by atoms with van der Waals surface area (Å²) in [5.41, 5.74) is 1.42. The van der Waals surface area contributed by atoms with Gasteiger partial charge >= 0.3 is 0 Å². The van der Waals surface area contributed by atoms with E-state index in [1.54, 1.807) is 6.20 Å². The van der Waals surface area contributed by atoms with E-state index in [-0.39, 0.29) is 5.91 Å². The highest BCUT2D eigenvalue weighted by molar-refractivity contribution is 6.05. The molecule has 4 heteroatoms. The predicted octanol–water partition coefficient (Wildman–Crippen LogP) is 2.35. The molecule has 0 spiro atoms. The van der Waals surface area contributed by atoms with Crippen molar-refractivity contribution in [3.8, 4) is 0 Å². The first-order valence-electron chi connectivity index (χ1n) is 7.61. The summed E-state index contributed by atoms with van der Waals surface area (Å²) in [5, 5.41) is 7.53. The number of nitrogens with one attached hydrogen (secondary N) is 2. The van der Waals surface area contributed by atoms with Gasteiger partial charge in [0.2, 0.25) is 0 Å². The number of rotatable bonds is 3. The fourth-order valence-corrected chi connectivity index (χ4v) is 2.97. The zero-order valence-electron chi connectivity index (χ0n) is 12.3. The minimum atomic E-state index is -0.0427. The summed E-state index contributed by atoms with van der Waals surface area (Å²) < 4.78 is 0. The van der Waals surface area contributed by atoms with E-state index in [0.29, 0.717) is 24.1 Å². The lowest BCUT2D eigenvalue weighted by molar-refractivity contribution is 0.0945. The quantitative estimate of drug-likeness (QED) is 0.909. The normalized spacial score (nSPS) is 22.1. The molecule has 1 aromatic carbocycles. The highest BCUT2D eigenvalue weighted by Crippen LogP contribution is 2.17. The highest BCUT2D eigenvalue weighted by atomic mass is 16.1. The van der Waals surface area contributed by atoms with E-state index in [2.05, 4.69) is 22.5 Å². The second-order valence-corrected chi connectivity index (χ2v) is 5.77. The van der Waals surface area contributed by atoms with Crippen LogP contribution in [0.15, 0.2) is 36.5 Å². The Kier molecular flexibility index (Phi) is 4.15. The summed E-state index contributed by atoms with van der Waals surface area (Å²) in [7, 11) is 0. The van der Waals surface area contributed by atoms with E-state index in [1.165, 1.54) is 12.8 Å². The number of hydrogen-bond acceptors (Lipinski definition) is 3. The molecule has 2 heterocycles. The summed E-state index contributed by atoms with van der Waals surface area (Å²) in [5.74, 6) is 0.559. The maximum atomic E-state index is 12.4. The Bertz CT molecular complexity index is 635. The van der Waals surface area contributed by atoms with Gasteiger partial charge < -0.3 is 10.6 Å². The van der Waals surface area contributed by atoms with Crippen LogP contribution in [-0.4, -0.2) is 30.0 Å². The van der Waals surface area contributed by atoms with Crippen molar-refractivity contribution in [3.63, 3.8) is 0 Å². The molecule has 1 aliphatic rings. The third-order valence-corrected chi connectivity index (χ3v) is 4.29. The zero-order chi connectivity index (χ0) is 14.7. The monoisotopic (exact) mass is 283 g/mol. The van der Waals surface area contributed by atoms with Gasteiger partial charge in [0, 0.05) is 24.2 Å². The summed E-state index contributed by atoms with van der Waals surface area (Å²) >= 11 is 0. The number of para-hydroxylation sites is 1. The summed E-state index contributed by atoms with van der Waals surface area (Å²) in [6, 6.07) is 9.94. The molecule has 110 valence electrons. The zero-order valence-corrected chi connectivity index (χ0v) is 12.3. The minimum absolute atomic E-state index is 0.0427. The number of fused-ring (bicyclic) bond motifs is 1. The van der Waals surface area contributed by atoms with Crippen LogP contribution in [0.25, 0.3) is 10.9 Å². The lowest BCUT2D eigenvalue weighted by Crippen LogP contribution is -2.47. The molecule has 0 radical (unpaired) electrons. The van der Waals surface area contributed by atoms with Crippen LogP contribution in [0.2, 0.25) is 0 Å². The van der Waals surface area contributed by atoms with E-state index in [1.807, 2.05) is 30.3 Å². The Morgan fingerprint density at radius 1 is 1.38 bits per heavy atom. The molecular weight excluding hydrogens is 262 g/mol. The van der Waals surface area contributed by atoms with Gasteiger partial charge in [-0.25, -0.2) is 0 Å². The summed E-state index contributed by atoms with van der Waals surface area (Å²) in [4.78, 5) is 16.8. The lowest BCUT2D eigenvalue weighted by atomic mass is 9.93. The van der Waals surface area contributed by atoms with E-state index < -0.39 is 0 Å². The van der Waals surface area contributed by atoms with Gasteiger partial charge in [0.1, 0.15) is 0 Å². The van der Waals surface area contributed by atoms with Gasteiger partial charge in [0.25, 0.3) is 5.91 Å². The van der Waals surface area contributed by atoms with E-state index in [4.69, 9.17) is 0 Å². The number of pyridine rings is 1. The van der Waals surface area contributed by atoms with Gasteiger partial charge in [-0.15, -0.1) is 0 Å². The third-order valence-electron chi connectivity index (χ3n) is 4.29. The molecule has 0 aliphatic carbocycles. The van der Waals surface area contributed by atoms with Crippen LogP contribution >= 0.6 is 0 Å². The van der Waals surface area contributed by atoms with Crippen LogP contribution in [0.1, 0.15) is 30.1 Å². The number of nitrogens with zero attached hydrogens (tertiary/aromatic N) is 1. The molecule has 0 bridgehead atoms. The molecule has 1 fully saturated rings. The Balaban J connectivity index is 1.72. The van der Waals surface area contributed by atoms with Gasteiger partial charge in [-0.05, 0) is 37.4 Å². The van der Waals surface area contributed by atoms with E-state index in [9.17, 15) is 4.79 Å². The van der Waals surface area contributed by atoms with Crippen molar-refractivity contribution in [3.05, 3.63) is 42.1 Å². The van der Waals surface area contributed by atoms with E-state index >= 15 is 0 Å². The van der Waals surface area contributed by atoms with Gasteiger partial charge in [-0.2, -0.15) is 0 Å². The van der Waals surface area contributed by atoms with Crippen molar-refractivity contribution >= 4 is 16.8 Å². The fourth-order valence-electron chi connectivity index (χ4n) is 2.97. The Morgan fingerprint density at radius 3 is 3.10 bits per heavy atom. The molecule has 4 nitrogen and oxygen atoms in total. The standard InChI is InChI=1S/C17H21N3O/c1-12-5-3-9-18-15(12)11-20-17(21)14-8-2-6-13-7-4-10-19-16(13)14/h2,4,6-8,10,12,15,18H,3,5,9,11H2,1H3,(H,20,21)/t12-,15-/m1/s1. The molecular formula is C17H21N3O. The molecule has 2 aromatic rings. The van der Waals surface area contributed by atoms with E-state index in [0.717, 1.165) is 17.4 Å². The van der Waals surface area contributed by atoms with Crippen molar-refractivity contribution < 1.29 is 4.79 Å². The first-order chi connectivity index (χ1) is 10.3. The molecule has 0 unspecified atom stereocenters. The third kappa shape index (κ3) is 3.05. The van der Waals surface area contributed by atoms with Crippen molar-refractivity contribution in [2.75, 3.05) is 13.1 Å². The number of amides is 1. The number of piperidine rings is 1. The number of carbonyl (C=O) groups excluding carboxylic acids is 1. The predicted molar refractivity (Wildman–Crippen MR) is 84.3 cm³/mol. The minimum Gasteiger partial charge on any atom is -0.350 e. The summed E-state index contributed by atoms with van der Waals surface area (Å²) in [6.45, 7) is 3.95. The molecule has 1 amide bonds. The van der Waals surface area contributed by atoms with Gasteiger partial charge in [0.05, 0.1) is 11.1 Å². The maximum absolute atomic E-state index is 12.4. The molecule has 1 aromatic heterocycles.